The zero-order valence-corrected chi connectivity index (χ0v) is 12.9. The monoisotopic (exact) mass is 302 g/mol. The van der Waals surface area contributed by atoms with Crippen molar-refractivity contribution in [3.05, 3.63) is 29.6 Å². The molecule has 2 heterocycles. The average Bonchev–Trinajstić information content (AvgIpc) is 2.86. The van der Waals surface area contributed by atoms with E-state index >= 15 is 0 Å². The summed E-state index contributed by atoms with van der Waals surface area (Å²) in [5.41, 5.74) is 0.869. The summed E-state index contributed by atoms with van der Waals surface area (Å²) in [5.74, 6) is -0.00137. The van der Waals surface area contributed by atoms with Gasteiger partial charge in [-0.15, -0.1) is 11.3 Å². The number of thiophene rings is 1. The van der Waals surface area contributed by atoms with E-state index in [-0.39, 0.29) is 17.7 Å². The second-order valence-electron chi connectivity index (χ2n) is 5.67. The van der Waals surface area contributed by atoms with E-state index in [0.29, 0.717) is 13.0 Å². The Hall–Kier alpha value is -1.88. The number of hydrogen-bond acceptors (Lipinski definition) is 3. The van der Waals surface area contributed by atoms with Crippen LogP contribution in [0.4, 0.5) is 5.69 Å². The summed E-state index contributed by atoms with van der Waals surface area (Å²) in [5, 5.41) is 6.01. The Morgan fingerprint density at radius 3 is 2.86 bits per heavy atom. The zero-order chi connectivity index (χ0) is 15.0. The number of nitrogens with one attached hydrogen (secondary N) is 1. The SMILES string of the molecule is CC(C)C1NC(=O)CCN(c2ccc3sccc3c2)C1=O. The van der Waals surface area contributed by atoms with Gasteiger partial charge < -0.3 is 10.2 Å². The molecule has 2 amide bonds. The molecule has 1 aromatic carbocycles. The maximum Gasteiger partial charge on any atom is 0.249 e. The number of nitrogens with zero attached hydrogens (tertiary/aromatic N) is 1. The highest BCUT2D eigenvalue weighted by Crippen LogP contribution is 2.27. The van der Waals surface area contributed by atoms with Gasteiger partial charge in [0.1, 0.15) is 6.04 Å². The summed E-state index contributed by atoms with van der Waals surface area (Å²) in [7, 11) is 0. The molecule has 4 nitrogen and oxygen atoms in total. The lowest BCUT2D eigenvalue weighted by molar-refractivity contribution is -0.126. The second-order valence-corrected chi connectivity index (χ2v) is 6.62. The van der Waals surface area contributed by atoms with Crippen LogP contribution >= 0.6 is 11.3 Å². The van der Waals surface area contributed by atoms with E-state index in [1.807, 2.05) is 37.4 Å². The fraction of sp³-hybridized carbons (Fsp3) is 0.375. The molecule has 2 aromatic rings. The number of carbonyl (C=O) groups is 2. The number of benzene rings is 1. The van der Waals surface area contributed by atoms with Crippen molar-refractivity contribution in [3.8, 4) is 0 Å². The number of rotatable bonds is 2. The Kier molecular flexibility index (Phi) is 3.68. The lowest BCUT2D eigenvalue weighted by Crippen LogP contribution is -2.47. The molecule has 0 saturated carbocycles. The molecule has 0 spiro atoms. The van der Waals surface area contributed by atoms with Crippen LogP contribution in [0.3, 0.4) is 0 Å². The van der Waals surface area contributed by atoms with Crippen LogP contribution in [0.15, 0.2) is 29.6 Å². The van der Waals surface area contributed by atoms with Crippen LogP contribution in [0.25, 0.3) is 10.1 Å². The molecule has 21 heavy (non-hydrogen) atoms. The number of carbonyl (C=O) groups excluding carboxylic acids is 2. The van der Waals surface area contributed by atoms with Crippen LogP contribution in [0.1, 0.15) is 20.3 Å². The minimum absolute atomic E-state index is 0.0228. The summed E-state index contributed by atoms with van der Waals surface area (Å²) < 4.78 is 1.20. The third kappa shape index (κ3) is 2.65. The van der Waals surface area contributed by atoms with Gasteiger partial charge in [0.25, 0.3) is 0 Å². The van der Waals surface area contributed by atoms with Gasteiger partial charge in [0.05, 0.1) is 0 Å². The molecule has 1 aromatic heterocycles. The first-order valence-corrected chi connectivity index (χ1v) is 8.02. The summed E-state index contributed by atoms with van der Waals surface area (Å²) in [6.45, 7) is 4.34. The van der Waals surface area contributed by atoms with Crippen molar-refractivity contribution >= 4 is 38.9 Å². The Labute approximate surface area is 127 Å². The average molecular weight is 302 g/mol. The molecule has 0 bridgehead atoms. The van der Waals surface area contributed by atoms with Gasteiger partial charge in [-0.2, -0.15) is 0 Å². The first-order chi connectivity index (χ1) is 10.1. The minimum Gasteiger partial charge on any atom is -0.344 e. The highest BCUT2D eigenvalue weighted by atomic mass is 32.1. The third-order valence-corrected chi connectivity index (χ3v) is 4.72. The predicted molar refractivity (Wildman–Crippen MR) is 85.6 cm³/mol. The van der Waals surface area contributed by atoms with Crippen molar-refractivity contribution in [1.29, 1.82) is 0 Å². The molecule has 1 aliphatic rings. The van der Waals surface area contributed by atoms with Crippen molar-refractivity contribution < 1.29 is 9.59 Å². The van der Waals surface area contributed by atoms with Gasteiger partial charge in [0.2, 0.25) is 11.8 Å². The summed E-state index contributed by atoms with van der Waals surface area (Å²) in [6, 6.07) is 7.63. The molecule has 1 aliphatic heterocycles. The quantitative estimate of drug-likeness (QED) is 0.927. The van der Waals surface area contributed by atoms with E-state index in [9.17, 15) is 9.59 Å². The molecule has 1 fully saturated rings. The smallest absolute Gasteiger partial charge is 0.249 e. The molecule has 1 atom stereocenters. The maximum absolute atomic E-state index is 12.7. The lowest BCUT2D eigenvalue weighted by Gasteiger charge is -2.26. The summed E-state index contributed by atoms with van der Waals surface area (Å²) >= 11 is 1.68. The van der Waals surface area contributed by atoms with Gasteiger partial charge in [-0.3, -0.25) is 9.59 Å². The van der Waals surface area contributed by atoms with Crippen molar-refractivity contribution in [2.75, 3.05) is 11.4 Å². The fourth-order valence-corrected chi connectivity index (χ4v) is 3.40. The molecule has 5 heteroatoms. The Balaban J connectivity index is 1.98. The fourth-order valence-electron chi connectivity index (χ4n) is 2.63. The Bertz CT molecular complexity index is 692. The van der Waals surface area contributed by atoms with Crippen molar-refractivity contribution in [1.82, 2.24) is 5.32 Å². The molecule has 1 N–H and O–H groups in total. The van der Waals surface area contributed by atoms with Crippen molar-refractivity contribution in [2.45, 2.75) is 26.3 Å². The molecular formula is C16H18N2O2S. The van der Waals surface area contributed by atoms with Crippen LogP contribution in [-0.2, 0) is 9.59 Å². The van der Waals surface area contributed by atoms with E-state index in [2.05, 4.69) is 11.4 Å². The van der Waals surface area contributed by atoms with Crippen LogP contribution in [0, 0.1) is 5.92 Å². The van der Waals surface area contributed by atoms with E-state index in [1.54, 1.807) is 16.2 Å². The van der Waals surface area contributed by atoms with Crippen LogP contribution in [-0.4, -0.2) is 24.4 Å². The van der Waals surface area contributed by atoms with Gasteiger partial charge in [-0.25, -0.2) is 0 Å². The molecular weight excluding hydrogens is 284 g/mol. The molecule has 0 radical (unpaired) electrons. The zero-order valence-electron chi connectivity index (χ0n) is 12.1. The normalized spacial score (nSPS) is 20.0. The number of anilines is 1. The van der Waals surface area contributed by atoms with Crippen LogP contribution < -0.4 is 10.2 Å². The van der Waals surface area contributed by atoms with E-state index in [1.165, 1.54) is 4.70 Å². The lowest BCUT2D eigenvalue weighted by atomic mass is 10.0. The largest absolute Gasteiger partial charge is 0.344 e. The number of hydrogen-bond donors (Lipinski definition) is 1. The van der Waals surface area contributed by atoms with E-state index in [4.69, 9.17) is 0 Å². The first kappa shape index (κ1) is 14.1. The van der Waals surface area contributed by atoms with Crippen molar-refractivity contribution in [3.63, 3.8) is 0 Å². The van der Waals surface area contributed by atoms with Gasteiger partial charge >= 0.3 is 0 Å². The highest BCUT2D eigenvalue weighted by molar-refractivity contribution is 7.17. The second kappa shape index (κ2) is 5.48. The molecule has 0 aliphatic carbocycles. The number of amides is 2. The van der Waals surface area contributed by atoms with Gasteiger partial charge in [-0.05, 0) is 40.9 Å². The van der Waals surface area contributed by atoms with Gasteiger partial charge in [0.15, 0.2) is 0 Å². The highest BCUT2D eigenvalue weighted by Gasteiger charge is 2.32. The Morgan fingerprint density at radius 2 is 2.10 bits per heavy atom. The minimum atomic E-state index is -0.446. The van der Waals surface area contributed by atoms with Gasteiger partial charge in [0, 0.05) is 23.4 Å². The standard InChI is InChI=1S/C16H18N2O2S/c1-10(2)15-16(20)18(7-5-14(19)17-15)12-3-4-13-11(9-12)6-8-21-13/h3-4,6,8-10,15H,5,7H2,1-2H3,(H,17,19). The third-order valence-electron chi connectivity index (χ3n) is 3.83. The Morgan fingerprint density at radius 1 is 1.29 bits per heavy atom. The van der Waals surface area contributed by atoms with Crippen molar-refractivity contribution in [2.24, 2.45) is 5.92 Å². The molecule has 1 unspecified atom stereocenters. The van der Waals surface area contributed by atoms with Gasteiger partial charge in [-0.1, -0.05) is 13.8 Å². The van der Waals surface area contributed by atoms with E-state index in [0.717, 1.165) is 11.1 Å². The van der Waals surface area contributed by atoms with Crippen LogP contribution in [0.5, 0.6) is 0 Å². The molecule has 1 saturated heterocycles. The topological polar surface area (TPSA) is 49.4 Å². The first-order valence-electron chi connectivity index (χ1n) is 7.14. The summed E-state index contributed by atoms with van der Waals surface area (Å²) in [6.07, 6.45) is 0.344. The number of fused-ring (bicyclic) bond motifs is 1. The summed E-state index contributed by atoms with van der Waals surface area (Å²) in [4.78, 5) is 26.3. The maximum atomic E-state index is 12.7. The molecule has 3 rings (SSSR count). The molecule has 110 valence electrons. The predicted octanol–water partition coefficient (Wildman–Crippen LogP) is 2.78. The van der Waals surface area contributed by atoms with Crippen LogP contribution in [0.2, 0.25) is 0 Å². The van der Waals surface area contributed by atoms with E-state index < -0.39 is 6.04 Å².